The summed E-state index contributed by atoms with van der Waals surface area (Å²) in [5, 5.41) is 3.04. The van der Waals surface area contributed by atoms with Gasteiger partial charge in [0.25, 0.3) is 5.91 Å². The Morgan fingerprint density at radius 2 is 2.00 bits per heavy atom. The Balaban J connectivity index is 1.66. The number of benzene rings is 2. The zero-order chi connectivity index (χ0) is 18.7. The zero-order valence-corrected chi connectivity index (χ0v) is 15.3. The van der Waals surface area contributed by atoms with Crippen molar-refractivity contribution in [2.24, 2.45) is 0 Å². The van der Waals surface area contributed by atoms with Crippen LogP contribution in [0.5, 0.6) is 5.75 Å². The van der Waals surface area contributed by atoms with Crippen molar-refractivity contribution in [1.82, 2.24) is 4.90 Å². The third-order valence-corrected chi connectivity index (χ3v) is 4.33. The van der Waals surface area contributed by atoms with Gasteiger partial charge in [0.05, 0.1) is 17.2 Å². The summed E-state index contributed by atoms with van der Waals surface area (Å²) in [7, 11) is 3.31. The van der Waals surface area contributed by atoms with Crippen molar-refractivity contribution in [2.45, 2.75) is 6.42 Å². The van der Waals surface area contributed by atoms with Crippen LogP contribution in [-0.4, -0.2) is 37.4 Å². The van der Waals surface area contributed by atoms with Crippen molar-refractivity contribution in [3.8, 4) is 5.75 Å². The van der Waals surface area contributed by atoms with Crippen LogP contribution in [0.2, 0.25) is 5.02 Å². The quantitative estimate of drug-likeness (QED) is 0.836. The number of amides is 2. The fourth-order valence-corrected chi connectivity index (χ4v) is 2.93. The van der Waals surface area contributed by atoms with Crippen LogP contribution in [0.1, 0.15) is 21.5 Å². The standard InChI is InChI=1S/C20H19ClN2O3/c1-23(2)20(25)16-6-5-15(12-17(16)21)22-19(24)8-4-13-3-7-18-14(11-13)9-10-26-18/h3-8,11-12H,9-10H2,1-2H3,(H,22,24)/b8-4+. The molecule has 1 aliphatic heterocycles. The molecule has 2 amide bonds. The molecule has 0 saturated heterocycles. The summed E-state index contributed by atoms with van der Waals surface area (Å²) in [6.45, 7) is 0.704. The van der Waals surface area contributed by atoms with E-state index in [1.165, 1.54) is 11.0 Å². The van der Waals surface area contributed by atoms with E-state index in [9.17, 15) is 9.59 Å². The summed E-state index contributed by atoms with van der Waals surface area (Å²) in [5.41, 5.74) is 3.02. The summed E-state index contributed by atoms with van der Waals surface area (Å²) in [6, 6.07) is 10.7. The Morgan fingerprint density at radius 1 is 1.19 bits per heavy atom. The zero-order valence-electron chi connectivity index (χ0n) is 14.6. The molecule has 0 atom stereocenters. The van der Waals surface area contributed by atoms with E-state index in [0.717, 1.165) is 23.3 Å². The Kier molecular flexibility index (Phi) is 5.28. The number of ether oxygens (including phenoxy) is 1. The number of anilines is 1. The molecular formula is C20H19ClN2O3. The average Bonchev–Trinajstić information content (AvgIpc) is 3.07. The second-order valence-corrected chi connectivity index (χ2v) is 6.59. The Labute approximate surface area is 157 Å². The monoisotopic (exact) mass is 370 g/mol. The Bertz CT molecular complexity index is 891. The van der Waals surface area contributed by atoms with Gasteiger partial charge in [0.15, 0.2) is 0 Å². The molecular weight excluding hydrogens is 352 g/mol. The number of rotatable bonds is 4. The molecule has 1 aliphatic rings. The van der Waals surface area contributed by atoms with Gasteiger partial charge < -0.3 is 15.0 Å². The van der Waals surface area contributed by atoms with Crippen molar-refractivity contribution in [3.05, 3.63) is 64.2 Å². The van der Waals surface area contributed by atoms with Crippen LogP contribution >= 0.6 is 11.6 Å². The minimum Gasteiger partial charge on any atom is -0.493 e. The molecule has 3 rings (SSSR count). The first-order valence-corrected chi connectivity index (χ1v) is 8.58. The molecule has 0 aliphatic carbocycles. The number of carbonyl (C=O) groups is 2. The summed E-state index contributed by atoms with van der Waals surface area (Å²) < 4.78 is 5.47. The summed E-state index contributed by atoms with van der Waals surface area (Å²) >= 11 is 6.15. The summed E-state index contributed by atoms with van der Waals surface area (Å²) in [5.74, 6) is 0.450. The van der Waals surface area contributed by atoms with E-state index >= 15 is 0 Å². The molecule has 26 heavy (non-hydrogen) atoms. The molecule has 0 bridgehead atoms. The molecule has 0 saturated carbocycles. The lowest BCUT2D eigenvalue weighted by atomic mass is 10.1. The van der Waals surface area contributed by atoms with Gasteiger partial charge in [-0.15, -0.1) is 0 Å². The number of halogens is 1. The highest BCUT2D eigenvalue weighted by Crippen LogP contribution is 2.26. The second kappa shape index (κ2) is 7.62. The largest absolute Gasteiger partial charge is 0.493 e. The van der Waals surface area contributed by atoms with Crippen LogP contribution in [0.3, 0.4) is 0 Å². The lowest BCUT2D eigenvalue weighted by Gasteiger charge is -2.12. The van der Waals surface area contributed by atoms with Gasteiger partial charge in [0.2, 0.25) is 5.91 Å². The molecule has 6 heteroatoms. The molecule has 0 fully saturated rings. The molecule has 134 valence electrons. The lowest BCUT2D eigenvalue weighted by molar-refractivity contribution is -0.111. The maximum Gasteiger partial charge on any atom is 0.254 e. The van der Waals surface area contributed by atoms with Crippen LogP contribution in [0.4, 0.5) is 5.69 Å². The second-order valence-electron chi connectivity index (χ2n) is 6.18. The van der Waals surface area contributed by atoms with Crippen LogP contribution in [0.15, 0.2) is 42.5 Å². The van der Waals surface area contributed by atoms with Gasteiger partial charge >= 0.3 is 0 Å². The Morgan fingerprint density at radius 3 is 2.73 bits per heavy atom. The van der Waals surface area contributed by atoms with Crippen molar-refractivity contribution in [2.75, 3.05) is 26.0 Å². The van der Waals surface area contributed by atoms with Gasteiger partial charge in [-0.25, -0.2) is 0 Å². The minimum absolute atomic E-state index is 0.187. The minimum atomic E-state index is -0.274. The van der Waals surface area contributed by atoms with E-state index in [-0.39, 0.29) is 11.8 Å². The van der Waals surface area contributed by atoms with E-state index < -0.39 is 0 Å². The topological polar surface area (TPSA) is 58.6 Å². The maximum atomic E-state index is 12.1. The van der Waals surface area contributed by atoms with E-state index in [2.05, 4.69) is 5.32 Å². The van der Waals surface area contributed by atoms with Crippen molar-refractivity contribution in [3.63, 3.8) is 0 Å². The van der Waals surface area contributed by atoms with Crippen LogP contribution in [0, 0.1) is 0 Å². The smallest absolute Gasteiger partial charge is 0.254 e. The van der Waals surface area contributed by atoms with Crippen molar-refractivity contribution in [1.29, 1.82) is 0 Å². The number of carbonyl (C=O) groups excluding carboxylic acids is 2. The first-order chi connectivity index (χ1) is 12.4. The highest BCUT2D eigenvalue weighted by molar-refractivity contribution is 6.34. The van der Waals surface area contributed by atoms with Crippen LogP contribution < -0.4 is 10.1 Å². The predicted octanol–water partition coefficient (Wildman–Crippen LogP) is 3.63. The number of fused-ring (bicyclic) bond motifs is 1. The fourth-order valence-electron chi connectivity index (χ4n) is 2.67. The van der Waals surface area contributed by atoms with Gasteiger partial charge in [0.1, 0.15) is 5.75 Å². The predicted molar refractivity (Wildman–Crippen MR) is 103 cm³/mol. The van der Waals surface area contributed by atoms with Gasteiger partial charge in [-0.3, -0.25) is 9.59 Å². The van der Waals surface area contributed by atoms with Gasteiger partial charge in [0, 0.05) is 32.3 Å². The maximum absolute atomic E-state index is 12.1. The highest BCUT2D eigenvalue weighted by atomic mass is 35.5. The van der Waals surface area contributed by atoms with E-state index in [1.807, 2.05) is 18.2 Å². The average molecular weight is 371 g/mol. The number of hydrogen-bond acceptors (Lipinski definition) is 3. The van der Waals surface area contributed by atoms with E-state index in [4.69, 9.17) is 16.3 Å². The van der Waals surface area contributed by atoms with Crippen LogP contribution in [-0.2, 0) is 11.2 Å². The van der Waals surface area contributed by atoms with Gasteiger partial charge in [-0.05, 0) is 47.5 Å². The first kappa shape index (κ1) is 18.0. The first-order valence-electron chi connectivity index (χ1n) is 8.20. The van der Waals surface area contributed by atoms with E-state index in [1.54, 1.807) is 38.4 Å². The third kappa shape index (κ3) is 4.06. The summed E-state index contributed by atoms with van der Waals surface area (Å²) in [6.07, 6.45) is 4.10. The normalized spacial score (nSPS) is 12.6. The van der Waals surface area contributed by atoms with Gasteiger partial charge in [-0.2, -0.15) is 0 Å². The lowest BCUT2D eigenvalue weighted by Crippen LogP contribution is -2.22. The SMILES string of the molecule is CN(C)C(=O)c1ccc(NC(=O)/C=C/c2ccc3c(c2)CCO3)cc1Cl. The van der Waals surface area contributed by atoms with Crippen molar-refractivity contribution >= 4 is 35.2 Å². The molecule has 5 nitrogen and oxygen atoms in total. The Hall–Kier alpha value is -2.79. The molecule has 0 unspecified atom stereocenters. The molecule has 2 aromatic carbocycles. The van der Waals surface area contributed by atoms with E-state index in [0.29, 0.717) is 22.9 Å². The van der Waals surface area contributed by atoms with Gasteiger partial charge in [-0.1, -0.05) is 17.7 Å². The molecule has 0 radical (unpaired) electrons. The van der Waals surface area contributed by atoms with Crippen LogP contribution in [0.25, 0.3) is 6.08 Å². The molecule has 0 aromatic heterocycles. The molecule has 1 N–H and O–H groups in total. The molecule has 0 spiro atoms. The molecule has 1 heterocycles. The summed E-state index contributed by atoms with van der Waals surface area (Å²) in [4.78, 5) is 25.5. The molecule has 2 aromatic rings. The number of nitrogens with zero attached hydrogens (tertiary/aromatic N) is 1. The van der Waals surface area contributed by atoms with Crippen molar-refractivity contribution < 1.29 is 14.3 Å². The highest BCUT2D eigenvalue weighted by Gasteiger charge is 2.13. The third-order valence-electron chi connectivity index (χ3n) is 4.01. The number of hydrogen-bond donors (Lipinski definition) is 1. The number of nitrogens with one attached hydrogen (secondary N) is 1. The fraction of sp³-hybridized carbons (Fsp3) is 0.200.